The lowest BCUT2D eigenvalue weighted by Crippen LogP contribution is -2.19. The fourth-order valence-electron chi connectivity index (χ4n) is 1.97. The van der Waals surface area contributed by atoms with E-state index in [4.69, 9.17) is 4.42 Å². The van der Waals surface area contributed by atoms with Gasteiger partial charge in [-0.15, -0.1) is 10.2 Å². The third-order valence-electron chi connectivity index (χ3n) is 3.31. The number of halogens is 1. The number of benzene rings is 1. The maximum absolute atomic E-state index is 5.72. The highest BCUT2D eigenvalue weighted by molar-refractivity contribution is 9.10. The van der Waals surface area contributed by atoms with Gasteiger partial charge in [-0.2, -0.15) is 0 Å². The first-order valence-electron chi connectivity index (χ1n) is 6.55. The van der Waals surface area contributed by atoms with Crippen LogP contribution in [0.5, 0.6) is 0 Å². The molecule has 4 nitrogen and oxygen atoms in total. The van der Waals surface area contributed by atoms with Crippen molar-refractivity contribution in [2.45, 2.75) is 32.2 Å². The van der Waals surface area contributed by atoms with Gasteiger partial charge in [-0.25, -0.2) is 0 Å². The highest BCUT2D eigenvalue weighted by Gasteiger charge is 2.20. The number of rotatable bonds is 5. The van der Waals surface area contributed by atoms with Crippen molar-refractivity contribution < 1.29 is 4.42 Å². The largest absolute Gasteiger partial charge is 0.421 e. The summed E-state index contributed by atoms with van der Waals surface area (Å²) in [5, 5.41) is 11.7. The first-order chi connectivity index (χ1) is 9.24. The van der Waals surface area contributed by atoms with Gasteiger partial charge in [0, 0.05) is 29.0 Å². The molecule has 1 aromatic carbocycles. The molecule has 1 heterocycles. The Kier molecular flexibility index (Phi) is 3.66. The normalized spacial score (nSPS) is 14.8. The molecule has 2 aromatic rings. The van der Waals surface area contributed by atoms with Gasteiger partial charge in [-0.05, 0) is 37.5 Å². The van der Waals surface area contributed by atoms with Crippen molar-refractivity contribution in [2.24, 2.45) is 0 Å². The first-order valence-corrected chi connectivity index (χ1v) is 7.34. The van der Waals surface area contributed by atoms with E-state index in [1.165, 1.54) is 12.8 Å². The third kappa shape index (κ3) is 3.04. The number of nitrogens with zero attached hydrogens (tertiary/aromatic N) is 2. The van der Waals surface area contributed by atoms with E-state index in [0.29, 0.717) is 11.8 Å². The summed E-state index contributed by atoms with van der Waals surface area (Å²) in [6.07, 6.45) is 3.38. The Labute approximate surface area is 120 Å². The van der Waals surface area contributed by atoms with E-state index < -0.39 is 0 Å². The van der Waals surface area contributed by atoms with Crippen LogP contribution < -0.4 is 5.32 Å². The molecule has 1 fully saturated rings. The molecule has 0 amide bonds. The van der Waals surface area contributed by atoms with Crippen LogP contribution in [0.2, 0.25) is 0 Å². The number of hydrogen-bond acceptors (Lipinski definition) is 4. The van der Waals surface area contributed by atoms with Gasteiger partial charge in [0.2, 0.25) is 11.8 Å². The molecule has 3 rings (SSSR count). The van der Waals surface area contributed by atoms with Crippen LogP contribution in [-0.2, 0) is 6.42 Å². The van der Waals surface area contributed by atoms with Gasteiger partial charge >= 0.3 is 0 Å². The molecule has 1 N–H and O–H groups in total. The van der Waals surface area contributed by atoms with Gasteiger partial charge in [0.15, 0.2) is 0 Å². The number of hydrogen-bond donors (Lipinski definition) is 1. The van der Waals surface area contributed by atoms with Crippen LogP contribution in [0.3, 0.4) is 0 Å². The molecule has 0 radical (unpaired) electrons. The highest BCUT2D eigenvalue weighted by Crippen LogP contribution is 2.27. The molecule has 100 valence electrons. The lowest BCUT2D eigenvalue weighted by atomic mass is 10.1. The molecular formula is C14H16BrN3O. The zero-order valence-corrected chi connectivity index (χ0v) is 12.4. The Hall–Kier alpha value is -1.20. The monoisotopic (exact) mass is 321 g/mol. The minimum atomic E-state index is 0.597. The second-order valence-corrected chi connectivity index (χ2v) is 5.75. The SMILES string of the molecule is Cc1c(Br)cccc1-c1nnc(CCNC2CC2)o1. The Balaban J connectivity index is 1.70. The molecule has 0 bridgehead atoms. The van der Waals surface area contributed by atoms with Crippen molar-refractivity contribution >= 4 is 15.9 Å². The van der Waals surface area contributed by atoms with E-state index in [0.717, 1.165) is 34.6 Å². The smallest absolute Gasteiger partial charge is 0.248 e. The Morgan fingerprint density at radius 3 is 3.00 bits per heavy atom. The molecular weight excluding hydrogens is 306 g/mol. The lowest BCUT2D eigenvalue weighted by Gasteiger charge is -2.02. The summed E-state index contributed by atoms with van der Waals surface area (Å²) in [5.74, 6) is 1.29. The van der Waals surface area contributed by atoms with E-state index in [-0.39, 0.29) is 0 Å². The summed E-state index contributed by atoms with van der Waals surface area (Å²) in [6.45, 7) is 2.95. The standard InChI is InChI=1S/C14H16BrN3O/c1-9-11(3-2-4-12(9)15)14-18-17-13(19-14)7-8-16-10-5-6-10/h2-4,10,16H,5-8H2,1H3. The van der Waals surface area contributed by atoms with Crippen LogP contribution >= 0.6 is 15.9 Å². The Morgan fingerprint density at radius 1 is 1.37 bits per heavy atom. The van der Waals surface area contributed by atoms with Crippen molar-refractivity contribution in [1.82, 2.24) is 15.5 Å². The third-order valence-corrected chi connectivity index (χ3v) is 4.17. The quantitative estimate of drug-likeness (QED) is 0.919. The summed E-state index contributed by atoms with van der Waals surface area (Å²) in [4.78, 5) is 0. The van der Waals surface area contributed by atoms with E-state index >= 15 is 0 Å². The molecule has 5 heteroatoms. The van der Waals surface area contributed by atoms with E-state index in [2.05, 4.69) is 31.4 Å². The van der Waals surface area contributed by atoms with Crippen LogP contribution in [0.25, 0.3) is 11.5 Å². The van der Waals surface area contributed by atoms with Crippen LogP contribution in [-0.4, -0.2) is 22.8 Å². The molecule has 0 aliphatic heterocycles. The second kappa shape index (κ2) is 5.43. The van der Waals surface area contributed by atoms with Gasteiger partial charge < -0.3 is 9.73 Å². The topological polar surface area (TPSA) is 51.0 Å². The van der Waals surface area contributed by atoms with Crippen molar-refractivity contribution in [2.75, 3.05) is 6.54 Å². The average molecular weight is 322 g/mol. The maximum atomic E-state index is 5.72. The predicted molar refractivity (Wildman–Crippen MR) is 76.9 cm³/mol. The van der Waals surface area contributed by atoms with Gasteiger partial charge in [-0.1, -0.05) is 22.0 Å². The molecule has 0 spiro atoms. The zero-order chi connectivity index (χ0) is 13.2. The first kappa shape index (κ1) is 12.8. The number of nitrogens with one attached hydrogen (secondary N) is 1. The van der Waals surface area contributed by atoms with Crippen molar-refractivity contribution in [3.63, 3.8) is 0 Å². The summed E-state index contributed by atoms with van der Waals surface area (Å²) < 4.78 is 6.78. The van der Waals surface area contributed by atoms with Gasteiger partial charge in [0.05, 0.1) is 0 Å². The fourth-order valence-corrected chi connectivity index (χ4v) is 2.34. The molecule has 19 heavy (non-hydrogen) atoms. The van der Waals surface area contributed by atoms with Crippen LogP contribution in [0.15, 0.2) is 27.1 Å². The average Bonchev–Trinajstić information content (AvgIpc) is 3.10. The summed E-state index contributed by atoms with van der Waals surface area (Å²) in [7, 11) is 0. The summed E-state index contributed by atoms with van der Waals surface area (Å²) in [5.41, 5.74) is 2.11. The maximum Gasteiger partial charge on any atom is 0.248 e. The summed E-state index contributed by atoms with van der Waals surface area (Å²) in [6, 6.07) is 6.70. The van der Waals surface area contributed by atoms with E-state index in [9.17, 15) is 0 Å². The molecule has 1 aliphatic carbocycles. The second-order valence-electron chi connectivity index (χ2n) is 4.89. The van der Waals surface area contributed by atoms with Crippen molar-refractivity contribution in [3.8, 4) is 11.5 Å². The van der Waals surface area contributed by atoms with Gasteiger partial charge in [0.25, 0.3) is 0 Å². The van der Waals surface area contributed by atoms with Crippen LogP contribution in [0.4, 0.5) is 0 Å². The zero-order valence-electron chi connectivity index (χ0n) is 10.8. The predicted octanol–water partition coefficient (Wildman–Crippen LogP) is 3.10. The van der Waals surface area contributed by atoms with Gasteiger partial charge in [-0.3, -0.25) is 0 Å². The van der Waals surface area contributed by atoms with Crippen LogP contribution in [0, 0.1) is 6.92 Å². The van der Waals surface area contributed by atoms with Crippen molar-refractivity contribution in [3.05, 3.63) is 34.1 Å². The Morgan fingerprint density at radius 2 is 2.21 bits per heavy atom. The van der Waals surface area contributed by atoms with Crippen LogP contribution in [0.1, 0.15) is 24.3 Å². The molecule has 0 unspecified atom stereocenters. The number of aromatic nitrogens is 2. The minimum Gasteiger partial charge on any atom is -0.421 e. The summed E-state index contributed by atoms with van der Waals surface area (Å²) >= 11 is 3.52. The molecule has 0 atom stereocenters. The molecule has 1 saturated carbocycles. The highest BCUT2D eigenvalue weighted by atomic mass is 79.9. The van der Waals surface area contributed by atoms with Crippen molar-refractivity contribution in [1.29, 1.82) is 0 Å². The fraction of sp³-hybridized carbons (Fsp3) is 0.429. The minimum absolute atomic E-state index is 0.597. The molecule has 1 aliphatic rings. The van der Waals surface area contributed by atoms with E-state index in [1.54, 1.807) is 0 Å². The van der Waals surface area contributed by atoms with E-state index in [1.807, 2.05) is 25.1 Å². The van der Waals surface area contributed by atoms with Gasteiger partial charge in [0.1, 0.15) is 0 Å². The molecule has 0 saturated heterocycles. The molecule has 1 aromatic heterocycles. The lowest BCUT2D eigenvalue weighted by molar-refractivity contribution is 0.494. The Bertz CT molecular complexity index is 578.